The van der Waals surface area contributed by atoms with Crippen molar-refractivity contribution in [2.45, 2.75) is 25.4 Å². The lowest BCUT2D eigenvalue weighted by molar-refractivity contribution is -0.139. The summed E-state index contributed by atoms with van der Waals surface area (Å²) in [5, 5.41) is 5.44. The number of nitrogens with one attached hydrogen (secondary N) is 2. The zero-order valence-corrected chi connectivity index (χ0v) is 16.3. The van der Waals surface area contributed by atoms with E-state index >= 15 is 0 Å². The van der Waals surface area contributed by atoms with Crippen molar-refractivity contribution >= 4 is 39.4 Å². The Morgan fingerprint density at radius 3 is 2.59 bits per heavy atom. The average molecular weight is 431 g/mol. The summed E-state index contributed by atoms with van der Waals surface area (Å²) in [6.45, 7) is 1.73. The van der Waals surface area contributed by atoms with Crippen LogP contribution in [-0.2, 0) is 20.7 Å². The smallest absolute Gasteiger partial charge is 0.339 e. The maximum atomic E-state index is 12.5. The summed E-state index contributed by atoms with van der Waals surface area (Å²) in [5.74, 6) is -1.14. The molecule has 1 atom stereocenters. The van der Waals surface area contributed by atoms with Gasteiger partial charge in [0.15, 0.2) is 5.60 Å². The standard InChI is InChI=1S/C20H19BrN2O4/c1-20(12-13-4-2-3-5-16(13)18(25)27-20)19(26)22-11-10-17(24)23-15-8-6-14(21)7-9-15/h2-9H,10-12H2,1H3,(H,22,26)(H,23,24). The van der Waals surface area contributed by atoms with Crippen LogP contribution in [0.4, 0.5) is 5.69 Å². The van der Waals surface area contributed by atoms with E-state index in [0.717, 1.165) is 10.0 Å². The monoisotopic (exact) mass is 430 g/mol. The molecule has 0 spiro atoms. The zero-order chi connectivity index (χ0) is 19.4. The summed E-state index contributed by atoms with van der Waals surface area (Å²) in [6.07, 6.45) is 0.411. The predicted octanol–water partition coefficient (Wildman–Crippen LogP) is 3.07. The van der Waals surface area contributed by atoms with Gasteiger partial charge in [-0.3, -0.25) is 9.59 Å². The molecular weight excluding hydrogens is 412 g/mol. The molecule has 1 aliphatic rings. The maximum Gasteiger partial charge on any atom is 0.339 e. The number of cyclic esters (lactones) is 1. The van der Waals surface area contributed by atoms with Crippen LogP contribution in [0.2, 0.25) is 0 Å². The number of amides is 2. The Kier molecular flexibility index (Phi) is 5.60. The number of carbonyl (C=O) groups excluding carboxylic acids is 3. The van der Waals surface area contributed by atoms with Crippen molar-refractivity contribution in [3.63, 3.8) is 0 Å². The Labute approximate surface area is 165 Å². The number of anilines is 1. The van der Waals surface area contributed by atoms with Gasteiger partial charge in [0, 0.05) is 29.5 Å². The van der Waals surface area contributed by atoms with Gasteiger partial charge in [-0.05, 0) is 42.8 Å². The van der Waals surface area contributed by atoms with E-state index in [9.17, 15) is 14.4 Å². The normalized spacial score (nSPS) is 18.2. The zero-order valence-electron chi connectivity index (χ0n) is 14.8. The van der Waals surface area contributed by atoms with E-state index < -0.39 is 17.5 Å². The van der Waals surface area contributed by atoms with Crippen molar-refractivity contribution < 1.29 is 19.1 Å². The van der Waals surface area contributed by atoms with Crippen molar-refractivity contribution in [2.75, 3.05) is 11.9 Å². The number of fused-ring (bicyclic) bond motifs is 1. The molecule has 0 radical (unpaired) electrons. The summed E-state index contributed by atoms with van der Waals surface area (Å²) >= 11 is 3.33. The summed E-state index contributed by atoms with van der Waals surface area (Å²) in [4.78, 5) is 36.7. The highest BCUT2D eigenvalue weighted by molar-refractivity contribution is 9.10. The third-order valence-corrected chi connectivity index (χ3v) is 4.86. The number of ether oxygens (including phenoxy) is 1. The highest BCUT2D eigenvalue weighted by Gasteiger charge is 2.42. The Balaban J connectivity index is 1.52. The van der Waals surface area contributed by atoms with Crippen LogP contribution >= 0.6 is 15.9 Å². The Morgan fingerprint density at radius 2 is 1.85 bits per heavy atom. The fraction of sp³-hybridized carbons (Fsp3) is 0.250. The first kappa shape index (κ1) is 19.1. The molecule has 1 unspecified atom stereocenters. The largest absolute Gasteiger partial charge is 0.445 e. The summed E-state index contributed by atoms with van der Waals surface area (Å²) < 4.78 is 6.29. The van der Waals surface area contributed by atoms with Gasteiger partial charge in [0.25, 0.3) is 5.91 Å². The van der Waals surface area contributed by atoms with Gasteiger partial charge in [-0.25, -0.2) is 4.79 Å². The van der Waals surface area contributed by atoms with Gasteiger partial charge in [0.2, 0.25) is 5.91 Å². The highest BCUT2D eigenvalue weighted by atomic mass is 79.9. The van der Waals surface area contributed by atoms with Gasteiger partial charge in [0.05, 0.1) is 5.56 Å². The van der Waals surface area contributed by atoms with Crippen LogP contribution in [0.5, 0.6) is 0 Å². The quantitative estimate of drug-likeness (QED) is 0.713. The molecule has 7 heteroatoms. The molecule has 2 aromatic rings. The maximum absolute atomic E-state index is 12.5. The molecule has 140 valence electrons. The second-order valence-electron chi connectivity index (χ2n) is 6.52. The van der Waals surface area contributed by atoms with Gasteiger partial charge >= 0.3 is 5.97 Å². The van der Waals surface area contributed by atoms with Crippen LogP contribution < -0.4 is 10.6 Å². The molecule has 3 rings (SSSR count). The molecular formula is C20H19BrN2O4. The van der Waals surface area contributed by atoms with Crippen molar-refractivity contribution in [3.8, 4) is 0 Å². The third-order valence-electron chi connectivity index (χ3n) is 4.33. The number of benzene rings is 2. The van der Waals surface area contributed by atoms with Crippen molar-refractivity contribution in [1.82, 2.24) is 5.32 Å². The molecule has 0 aliphatic carbocycles. The summed E-state index contributed by atoms with van der Waals surface area (Å²) in [6, 6.07) is 14.3. The second kappa shape index (κ2) is 7.92. The fourth-order valence-corrected chi connectivity index (χ4v) is 3.16. The van der Waals surface area contributed by atoms with Crippen LogP contribution in [-0.4, -0.2) is 29.9 Å². The lowest BCUT2D eigenvalue weighted by atomic mass is 9.89. The first-order chi connectivity index (χ1) is 12.9. The molecule has 2 aromatic carbocycles. The van der Waals surface area contributed by atoms with E-state index in [2.05, 4.69) is 26.6 Å². The van der Waals surface area contributed by atoms with Crippen LogP contribution in [0, 0.1) is 0 Å². The minimum Gasteiger partial charge on any atom is -0.445 e. The highest BCUT2D eigenvalue weighted by Crippen LogP contribution is 2.28. The summed E-state index contributed by atoms with van der Waals surface area (Å²) in [7, 11) is 0. The van der Waals surface area contributed by atoms with Crippen molar-refractivity contribution in [2.24, 2.45) is 0 Å². The topological polar surface area (TPSA) is 84.5 Å². The molecule has 1 aliphatic heterocycles. The van der Waals surface area contributed by atoms with Crippen molar-refractivity contribution in [3.05, 3.63) is 64.1 Å². The van der Waals surface area contributed by atoms with Crippen molar-refractivity contribution in [1.29, 1.82) is 0 Å². The Bertz CT molecular complexity index is 882. The Morgan fingerprint density at radius 1 is 1.15 bits per heavy atom. The SMILES string of the molecule is CC1(C(=O)NCCC(=O)Nc2ccc(Br)cc2)Cc2ccccc2C(=O)O1. The molecule has 1 heterocycles. The number of carbonyl (C=O) groups is 3. The number of hydrogen-bond acceptors (Lipinski definition) is 4. The number of esters is 1. The number of hydrogen-bond donors (Lipinski definition) is 2. The number of halogens is 1. The lowest BCUT2D eigenvalue weighted by Gasteiger charge is -2.33. The molecule has 0 fully saturated rings. The minimum absolute atomic E-state index is 0.114. The first-order valence-corrected chi connectivity index (χ1v) is 9.32. The molecule has 0 saturated heterocycles. The third kappa shape index (κ3) is 4.54. The average Bonchev–Trinajstić information content (AvgIpc) is 2.63. The van der Waals surface area contributed by atoms with E-state index in [0.29, 0.717) is 17.7 Å². The molecule has 0 aromatic heterocycles. The number of rotatable bonds is 5. The summed E-state index contributed by atoms with van der Waals surface area (Å²) in [5.41, 5.74) is 0.656. The van der Waals surface area contributed by atoms with E-state index in [4.69, 9.17) is 4.74 Å². The van der Waals surface area contributed by atoms with E-state index in [1.807, 2.05) is 24.3 Å². The van der Waals surface area contributed by atoms with Crippen LogP contribution in [0.25, 0.3) is 0 Å². The molecule has 0 bridgehead atoms. The van der Waals surface area contributed by atoms with E-state index in [-0.39, 0.29) is 18.9 Å². The molecule has 6 nitrogen and oxygen atoms in total. The van der Waals surface area contributed by atoms with Crippen LogP contribution in [0.3, 0.4) is 0 Å². The molecule has 27 heavy (non-hydrogen) atoms. The fourth-order valence-electron chi connectivity index (χ4n) is 2.89. The van der Waals surface area contributed by atoms with Crippen LogP contribution in [0.15, 0.2) is 53.0 Å². The van der Waals surface area contributed by atoms with Gasteiger partial charge in [-0.15, -0.1) is 0 Å². The molecule has 2 N–H and O–H groups in total. The van der Waals surface area contributed by atoms with E-state index in [1.165, 1.54) is 0 Å². The van der Waals surface area contributed by atoms with Gasteiger partial charge in [-0.2, -0.15) is 0 Å². The first-order valence-electron chi connectivity index (χ1n) is 8.52. The van der Waals surface area contributed by atoms with Gasteiger partial charge in [-0.1, -0.05) is 34.1 Å². The van der Waals surface area contributed by atoms with Gasteiger partial charge in [0.1, 0.15) is 0 Å². The van der Waals surface area contributed by atoms with Gasteiger partial charge < -0.3 is 15.4 Å². The predicted molar refractivity (Wildman–Crippen MR) is 104 cm³/mol. The Hall–Kier alpha value is -2.67. The van der Waals surface area contributed by atoms with Crippen LogP contribution in [0.1, 0.15) is 29.3 Å². The minimum atomic E-state index is -1.28. The van der Waals surface area contributed by atoms with E-state index in [1.54, 1.807) is 31.2 Å². The second-order valence-corrected chi connectivity index (χ2v) is 7.43. The molecule has 2 amide bonds. The lowest BCUT2D eigenvalue weighted by Crippen LogP contribution is -2.52. The molecule has 0 saturated carbocycles.